The fraction of sp³-hybridized carbons (Fsp3) is 0.357. The zero-order chi connectivity index (χ0) is 13.8. The van der Waals surface area contributed by atoms with Gasteiger partial charge in [0, 0.05) is 18.2 Å². The Balaban J connectivity index is 2.05. The molecule has 0 saturated carbocycles. The summed E-state index contributed by atoms with van der Waals surface area (Å²) in [6.07, 6.45) is 0. The number of benzene rings is 1. The number of aromatic nitrogens is 1. The number of hydrogen-bond acceptors (Lipinski definition) is 3. The average Bonchev–Trinajstić information content (AvgIpc) is 2.81. The predicted molar refractivity (Wildman–Crippen MR) is 73.5 cm³/mol. The van der Waals surface area contributed by atoms with Crippen molar-refractivity contribution in [3.05, 3.63) is 40.8 Å². The van der Waals surface area contributed by atoms with Crippen molar-refractivity contribution in [3.8, 4) is 11.3 Å². The second-order valence-corrected chi connectivity index (χ2v) is 5.24. The van der Waals surface area contributed by atoms with E-state index in [4.69, 9.17) is 16.1 Å². The molecule has 0 saturated heterocycles. The van der Waals surface area contributed by atoms with Crippen molar-refractivity contribution in [1.82, 2.24) is 10.5 Å². The van der Waals surface area contributed by atoms with Crippen molar-refractivity contribution in [2.24, 2.45) is 5.92 Å². The Labute approximate surface area is 116 Å². The molecule has 1 aromatic carbocycles. The van der Waals surface area contributed by atoms with E-state index in [-0.39, 0.29) is 5.02 Å². The maximum atomic E-state index is 13.1. The molecule has 0 aliphatic heterocycles. The Bertz CT molecular complexity index is 554. The molecule has 0 fully saturated rings. The van der Waals surface area contributed by atoms with Crippen LogP contribution in [-0.2, 0) is 6.54 Å². The van der Waals surface area contributed by atoms with Crippen LogP contribution in [0.4, 0.5) is 4.39 Å². The lowest BCUT2D eigenvalue weighted by molar-refractivity contribution is 0.418. The number of rotatable bonds is 5. The minimum Gasteiger partial charge on any atom is -0.356 e. The summed E-state index contributed by atoms with van der Waals surface area (Å²) in [5.41, 5.74) is 1.53. The van der Waals surface area contributed by atoms with Gasteiger partial charge in [0.1, 0.15) is 5.82 Å². The number of halogens is 2. The second-order valence-electron chi connectivity index (χ2n) is 4.84. The van der Waals surface area contributed by atoms with Crippen LogP contribution in [0.1, 0.15) is 19.5 Å². The van der Waals surface area contributed by atoms with Crippen molar-refractivity contribution < 1.29 is 8.91 Å². The van der Waals surface area contributed by atoms with Crippen LogP contribution in [0.5, 0.6) is 0 Å². The van der Waals surface area contributed by atoms with Crippen LogP contribution in [0.3, 0.4) is 0 Å². The Hall–Kier alpha value is -1.39. The summed E-state index contributed by atoms with van der Waals surface area (Å²) in [4.78, 5) is 0. The van der Waals surface area contributed by atoms with Crippen LogP contribution in [0.25, 0.3) is 11.3 Å². The third kappa shape index (κ3) is 3.78. The van der Waals surface area contributed by atoms with Gasteiger partial charge in [0.15, 0.2) is 5.76 Å². The Morgan fingerprint density at radius 2 is 2.16 bits per heavy atom. The van der Waals surface area contributed by atoms with Crippen molar-refractivity contribution in [2.75, 3.05) is 6.54 Å². The van der Waals surface area contributed by atoms with Gasteiger partial charge in [-0.05, 0) is 30.7 Å². The van der Waals surface area contributed by atoms with E-state index in [1.165, 1.54) is 12.1 Å². The largest absolute Gasteiger partial charge is 0.356 e. The van der Waals surface area contributed by atoms with Gasteiger partial charge in [0.05, 0.1) is 10.7 Å². The Morgan fingerprint density at radius 1 is 1.37 bits per heavy atom. The Morgan fingerprint density at radius 3 is 2.84 bits per heavy atom. The van der Waals surface area contributed by atoms with E-state index in [0.29, 0.717) is 23.8 Å². The molecule has 102 valence electrons. The maximum absolute atomic E-state index is 13.1. The molecule has 1 heterocycles. The molecule has 0 atom stereocenters. The fourth-order valence-corrected chi connectivity index (χ4v) is 1.85. The summed E-state index contributed by atoms with van der Waals surface area (Å²) in [5, 5.41) is 7.32. The normalized spacial score (nSPS) is 11.2. The molecule has 0 aliphatic carbocycles. The zero-order valence-corrected chi connectivity index (χ0v) is 11.7. The Kier molecular flexibility index (Phi) is 4.56. The molecule has 1 aromatic heterocycles. The highest BCUT2D eigenvalue weighted by molar-refractivity contribution is 6.31. The number of nitrogens with zero attached hydrogens (tertiary/aromatic N) is 1. The summed E-state index contributed by atoms with van der Waals surface area (Å²) in [5.74, 6) is 0.731. The molecule has 0 spiro atoms. The minimum absolute atomic E-state index is 0.0772. The first-order valence-corrected chi connectivity index (χ1v) is 6.56. The molecule has 19 heavy (non-hydrogen) atoms. The highest BCUT2D eigenvalue weighted by atomic mass is 35.5. The predicted octanol–water partition coefficient (Wildman–Crippen LogP) is 3.88. The van der Waals surface area contributed by atoms with Crippen LogP contribution in [0.15, 0.2) is 28.8 Å². The van der Waals surface area contributed by atoms with Gasteiger partial charge in [-0.25, -0.2) is 4.39 Å². The maximum Gasteiger partial charge on any atom is 0.167 e. The third-order valence-electron chi connectivity index (χ3n) is 2.62. The van der Waals surface area contributed by atoms with Crippen molar-refractivity contribution in [1.29, 1.82) is 0 Å². The van der Waals surface area contributed by atoms with Crippen molar-refractivity contribution >= 4 is 11.6 Å². The van der Waals surface area contributed by atoms with Crippen LogP contribution < -0.4 is 5.32 Å². The highest BCUT2D eigenvalue weighted by Crippen LogP contribution is 2.25. The summed E-state index contributed by atoms with van der Waals surface area (Å²) in [6.45, 7) is 5.85. The van der Waals surface area contributed by atoms with Crippen LogP contribution >= 0.6 is 11.6 Å². The molecule has 3 nitrogen and oxygen atoms in total. The fourth-order valence-electron chi connectivity index (χ4n) is 1.67. The lowest BCUT2D eigenvalue weighted by atomic mass is 10.1. The summed E-state index contributed by atoms with van der Waals surface area (Å²) in [6, 6.07) is 6.30. The number of nitrogens with one attached hydrogen (secondary N) is 1. The number of hydrogen-bond donors (Lipinski definition) is 1. The quantitative estimate of drug-likeness (QED) is 0.904. The molecule has 2 aromatic rings. The van der Waals surface area contributed by atoms with Gasteiger partial charge in [-0.3, -0.25) is 0 Å². The molecule has 0 aliphatic rings. The van der Waals surface area contributed by atoms with Crippen molar-refractivity contribution in [3.63, 3.8) is 0 Å². The first-order valence-electron chi connectivity index (χ1n) is 6.18. The van der Waals surface area contributed by atoms with E-state index in [0.717, 1.165) is 12.2 Å². The zero-order valence-electron chi connectivity index (χ0n) is 10.9. The van der Waals surface area contributed by atoms with Crippen LogP contribution in [-0.4, -0.2) is 11.7 Å². The molecule has 2 rings (SSSR count). The van der Waals surface area contributed by atoms with E-state index in [1.807, 2.05) is 6.07 Å². The standard InChI is InChI=1S/C14H16ClFN2O/c1-9(2)7-17-8-11-6-14(19-18-11)10-3-4-13(16)12(15)5-10/h3-6,9,17H,7-8H2,1-2H3. The molecular formula is C14H16ClFN2O. The van der Waals surface area contributed by atoms with Crippen LogP contribution in [0, 0.1) is 11.7 Å². The highest BCUT2D eigenvalue weighted by Gasteiger charge is 2.09. The van der Waals surface area contributed by atoms with Gasteiger partial charge >= 0.3 is 0 Å². The summed E-state index contributed by atoms with van der Waals surface area (Å²) < 4.78 is 18.3. The monoisotopic (exact) mass is 282 g/mol. The first kappa shape index (κ1) is 14.0. The minimum atomic E-state index is -0.441. The van der Waals surface area contributed by atoms with Crippen LogP contribution in [0.2, 0.25) is 5.02 Å². The van der Waals surface area contributed by atoms with E-state index in [9.17, 15) is 4.39 Å². The van der Waals surface area contributed by atoms with E-state index < -0.39 is 5.82 Å². The molecule has 1 N–H and O–H groups in total. The van der Waals surface area contributed by atoms with E-state index in [1.54, 1.807) is 6.07 Å². The summed E-state index contributed by atoms with van der Waals surface area (Å²) in [7, 11) is 0. The smallest absolute Gasteiger partial charge is 0.167 e. The topological polar surface area (TPSA) is 38.1 Å². The lowest BCUT2D eigenvalue weighted by Crippen LogP contribution is -2.18. The molecular weight excluding hydrogens is 267 g/mol. The average molecular weight is 283 g/mol. The molecule has 0 unspecified atom stereocenters. The van der Waals surface area contributed by atoms with E-state index in [2.05, 4.69) is 24.3 Å². The SMILES string of the molecule is CC(C)CNCc1cc(-c2ccc(F)c(Cl)c2)on1. The lowest BCUT2D eigenvalue weighted by Gasteiger charge is -2.04. The second kappa shape index (κ2) is 6.17. The van der Waals surface area contributed by atoms with Gasteiger partial charge in [-0.1, -0.05) is 30.6 Å². The van der Waals surface area contributed by atoms with E-state index >= 15 is 0 Å². The molecule has 5 heteroatoms. The first-order chi connectivity index (χ1) is 9.06. The third-order valence-corrected chi connectivity index (χ3v) is 2.91. The van der Waals surface area contributed by atoms with Gasteiger partial charge in [-0.15, -0.1) is 0 Å². The molecule has 0 bridgehead atoms. The van der Waals surface area contributed by atoms with Gasteiger partial charge in [0.2, 0.25) is 0 Å². The molecule has 0 amide bonds. The van der Waals surface area contributed by atoms with Gasteiger partial charge in [-0.2, -0.15) is 0 Å². The molecule has 0 radical (unpaired) electrons. The van der Waals surface area contributed by atoms with Gasteiger partial charge in [0.25, 0.3) is 0 Å². The van der Waals surface area contributed by atoms with Crippen molar-refractivity contribution in [2.45, 2.75) is 20.4 Å². The summed E-state index contributed by atoms with van der Waals surface area (Å²) >= 11 is 5.74. The van der Waals surface area contributed by atoms with Gasteiger partial charge < -0.3 is 9.84 Å².